The van der Waals surface area contributed by atoms with Crippen LogP contribution in [0.5, 0.6) is 17.2 Å². The van der Waals surface area contributed by atoms with Gasteiger partial charge < -0.3 is 20.3 Å². The van der Waals surface area contributed by atoms with E-state index in [0.717, 1.165) is 18.4 Å². The Kier molecular flexibility index (Phi) is 4.84. The second-order valence-corrected chi connectivity index (χ2v) is 3.75. The van der Waals surface area contributed by atoms with Gasteiger partial charge in [0.05, 0.1) is 14.2 Å². The first-order chi connectivity index (χ1) is 8.13. The predicted octanol–water partition coefficient (Wildman–Crippen LogP) is 2.38. The van der Waals surface area contributed by atoms with Crippen LogP contribution in [0.25, 0.3) is 0 Å². The van der Waals surface area contributed by atoms with Gasteiger partial charge in [0, 0.05) is 6.04 Å². The fourth-order valence-corrected chi connectivity index (χ4v) is 1.59. The van der Waals surface area contributed by atoms with Gasteiger partial charge in [0.2, 0.25) is 5.75 Å². The molecule has 0 bridgehead atoms. The molecule has 17 heavy (non-hydrogen) atoms. The van der Waals surface area contributed by atoms with Gasteiger partial charge in [-0.25, -0.2) is 0 Å². The van der Waals surface area contributed by atoms with Crippen LogP contribution in [-0.4, -0.2) is 19.3 Å². The van der Waals surface area contributed by atoms with Crippen molar-refractivity contribution in [2.75, 3.05) is 14.2 Å². The molecule has 1 aromatic carbocycles. The fourth-order valence-electron chi connectivity index (χ4n) is 1.59. The standard InChI is InChI=1S/C13H19NO3/c1-4-5-6-10(14)9-7-11(16-2)13(15)12(8-9)17-3/h4,7-8,10,15H,1,5-6,14H2,2-3H3/t10-/m1/s1. The van der Waals surface area contributed by atoms with Crippen molar-refractivity contribution in [2.45, 2.75) is 18.9 Å². The largest absolute Gasteiger partial charge is 0.502 e. The first kappa shape index (κ1) is 13.4. The van der Waals surface area contributed by atoms with E-state index >= 15 is 0 Å². The molecule has 1 atom stereocenters. The van der Waals surface area contributed by atoms with Crippen LogP contribution >= 0.6 is 0 Å². The van der Waals surface area contributed by atoms with E-state index < -0.39 is 0 Å². The molecule has 0 aliphatic carbocycles. The fraction of sp³-hybridized carbons (Fsp3) is 0.385. The SMILES string of the molecule is C=CCC[C@@H](N)c1cc(OC)c(O)c(OC)c1. The monoisotopic (exact) mass is 237 g/mol. The molecule has 0 aromatic heterocycles. The van der Waals surface area contributed by atoms with Gasteiger partial charge in [-0.15, -0.1) is 6.58 Å². The van der Waals surface area contributed by atoms with Crippen LogP contribution in [0, 0.1) is 0 Å². The van der Waals surface area contributed by atoms with E-state index in [1.54, 1.807) is 12.1 Å². The molecule has 0 radical (unpaired) electrons. The molecule has 0 heterocycles. The first-order valence-corrected chi connectivity index (χ1v) is 5.45. The maximum Gasteiger partial charge on any atom is 0.200 e. The van der Waals surface area contributed by atoms with Crippen molar-refractivity contribution in [2.24, 2.45) is 5.73 Å². The summed E-state index contributed by atoms with van der Waals surface area (Å²) in [5.74, 6) is 0.733. The Morgan fingerprint density at radius 1 is 1.35 bits per heavy atom. The third kappa shape index (κ3) is 3.14. The summed E-state index contributed by atoms with van der Waals surface area (Å²) >= 11 is 0. The van der Waals surface area contributed by atoms with Crippen LogP contribution in [0.3, 0.4) is 0 Å². The molecule has 0 spiro atoms. The highest BCUT2D eigenvalue weighted by Gasteiger charge is 2.14. The molecule has 0 saturated heterocycles. The summed E-state index contributed by atoms with van der Waals surface area (Å²) in [7, 11) is 2.99. The van der Waals surface area contributed by atoms with E-state index in [2.05, 4.69) is 6.58 Å². The zero-order chi connectivity index (χ0) is 12.8. The number of ether oxygens (including phenoxy) is 2. The molecule has 1 aromatic rings. The van der Waals surface area contributed by atoms with Crippen molar-refractivity contribution in [1.29, 1.82) is 0 Å². The van der Waals surface area contributed by atoms with E-state index in [-0.39, 0.29) is 11.8 Å². The summed E-state index contributed by atoms with van der Waals surface area (Å²) in [6, 6.07) is 3.33. The van der Waals surface area contributed by atoms with Crippen LogP contribution in [-0.2, 0) is 0 Å². The minimum atomic E-state index is -0.128. The maximum absolute atomic E-state index is 9.76. The zero-order valence-corrected chi connectivity index (χ0v) is 10.3. The lowest BCUT2D eigenvalue weighted by Crippen LogP contribution is -2.10. The average Bonchev–Trinajstić information content (AvgIpc) is 2.36. The number of methoxy groups -OCH3 is 2. The molecule has 4 heteroatoms. The average molecular weight is 237 g/mol. The van der Waals surface area contributed by atoms with E-state index in [4.69, 9.17) is 15.2 Å². The number of phenols is 1. The Morgan fingerprint density at radius 2 is 1.88 bits per heavy atom. The lowest BCUT2D eigenvalue weighted by atomic mass is 10.0. The van der Waals surface area contributed by atoms with Crippen molar-refractivity contribution in [1.82, 2.24) is 0 Å². The van der Waals surface area contributed by atoms with Crippen molar-refractivity contribution in [3.05, 3.63) is 30.4 Å². The van der Waals surface area contributed by atoms with Crippen molar-refractivity contribution in [3.8, 4) is 17.2 Å². The number of hydrogen-bond acceptors (Lipinski definition) is 4. The highest BCUT2D eigenvalue weighted by Crippen LogP contribution is 2.38. The van der Waals surface area contributed by atoms with Crippen molar-refractivity contribution in [3.63, 3.8) is 0 Å². The molecule has 0 amide bonds. The third-order valence-corrected chi connectivity index (χ3v) is 2.61. The number of hydrogen-bond donors (Lipinski definition) is 2. The quantitative estimate of drug-likeness (QED) is 0.745. The number of aromatic hydroxyl groups is 1. The molecule has 0 unspecified atom stereocenters. The van der Waals surface area contributed by atoms with Crippen LogP contribution in [0.2, 0.25) is 0 Å². The van der Waals surface area contributed by atoms with Gasteiger partial charge in [0.1, 0.15) is 0 Å². The highest BCUT2D eigenvalue weighted by atomic mass is 16.5. The Bertz CT molecular complexity index is 365. The van der Waals surface area contributed by atoms with E-state index in [0.29, 0.717) is 11.5 Å². The van der Waals surface area contributed by atoms with E-state index in [1.807, 2.05) is 6.08 Å². The number of nitrogens with two attached hydrogens (primary N) is 1. The third-order valence-electron chi connectivity index (χ3n) is 2.61. The number of rotatable bonds is 6. The van der Waals surface area contributed by atoms with Gasteiger partial charge in [-0.05, 0) is 30.5 Å². The van der Waals surface area contributed by atoms with Crippen LogP contribution in [0.15, 0.2) is 24.8 Å². The molecule has 1 rings (SSSR count). The zero-order valence-electron chi connectivity index (χ0n) is 10.3. The second kappa shape index (κ2) is 6.15. The molecule has 0 saturated carbocycles. The Labute approximate surface area is 102 Å². The van der Waals surface area contributed by atoms with Crippen molar-refractivity contribution >= 4 is 0 Å². The second-order valence-electron chi connectivity index (χ2n) is 3.75. The maximum atomic E-state index is 9.76. The molecule has 0 fully saturated rings. The predicted molar refractivity (Wildman–Crippen MR) is 67.6 cm³/mol. The topological polar surface area (TPSA) is 64.7 Å². The lowest BCUT2D eigenvalue weighted by molar-refractivity contribution is 0.338. The highest BCUT2D eigenvalue weighted by molar-refractivity contribution is 5.53. The van der Waals surface area contributed by atoms with Gasteiger partial charge in [0.25, 0.3) is 0 Å². The normalized spacial score (nSPS) is 11.9. The summed E-state index contributed by atoms with van der Waals surface area (Å²) in [6.45, 7) is 3.66. The molecule has 3 N–H and O–H groups in total. The summed E-state index contributed by atoms with van der Waals surface area (Å²) in [4.78, 5) is 0. The van der Waals surface area contributed by atoms with Gasteiger partial charge in [-0.1, -0.05) is 6.08 Å². The first-order valence-electron chi connectivity index (χ1n) is 5.45. The summed E-state index contributed by atoms with van der Waals surface area (Å²) in [5, 5.41) is 9.76. The Hall–Kier alpha value is -1.68. The van der Waals surface area contributed by atoms with Crippen LogP contribution in [0.1, 0.15) is 24.4 Å². The van der Waals surface area contributed by atoms with Gasteiger partial charge in [0.15, 0.2) is 11.5 Å². The van der Waals surface area contributed by atoms with E-state index in [1.165, 1.54) is 14.2 Å². The lowest BCUT2D eigenvalue weighted by Gasteiger charge is -2.15. The molecular formula is C13H19NO3. The van der Waals surface area contributed by atoms with Gasteiger partial charge >= 0.3 is 0 Å². The van der Waals surface area contributed by atoms with Gasteiger partial charge in [-0.2, -0.15) is 0 Å². The molecule has 0 aliphatic heterocycles. The summed E-state index contributed by atoms with van der Waals surface area (Å²) < 4.78 is 10.2. The summed E-state index contributed by atoms with van der Waals surface area (Å²) in [5.41, 5.74) is 6.91. The Morgan fingerprint density at radius 3 is 2.29 bits per heavy atom. The van der Waals surface area contributed by atoms with E-state index in [9.17, 15) is 5.11 Å². The minimum Gasteiger partial charge on any atom is -0.502 e. The number of phenolic OH excluding ortho intramolecular Hbond substituents is 1. The van der Waals surface area contributed by atoms with Crippen molar-refractivity contribution < 1.29 is 14.6 Å². The number of benzene rings is 1. The molecule has 94 valence electrons. The molecule has 4 nitrogen and oxygen atoms in total. The minimum absolute atomic E-state index is 0.00493. The Balaban J connectivity index is 3.03. The van der Waals surface area contributed by atoms with Crippen LogP contribution in [0.4, 0.5) is 0 Å². The number of allylic oxidation sites excluding steroid dienone is 1. The molecule has 0 aliphatic rings. The van der Waals surface area contributed by atoms with Crippen LogP contribution < -0.4 is 15.2 Å². The smallest absolute Gasteiger partial charge is 0.200 e. The van der Waals surface area contributed by atoms with Gasteiger partial charge in [-0.3, -0.25) is 0 Å². The molecular weight excluding hydrogens is 218 g/mol. The summed E-state index contributed by atoms with van der Waals surface area (Å²) in [6.07, 6.45) is 3.46.